The van der Waals surface area contributed by atoms with E-state index < -0.39 is 59.7 Å². The second-order valence-corrected chi connectivity index (χ2v) is 11.7. The van der Waals surface area contributed by atoms with Gasteiger partial charge in [0, 0.05) is 11.6 Å². The molecule has 38 heavy (non-hydrogen) atoms. The van der Waals surface area contributed by atoms with E-state index in [0.717, 1.165) is 0 Å². The summed E-state index contributed by atoms with van der Waals surface area (Å²) in [5, 5.41) is 10.3. The van der Waals surface area contributed by atoms with Gasteiger partial charge in [-0.15, -0.1) is 4.90 Å². The van der Waals surface area contributed by atoms with Crippen molar-refractivity contribution in [1.82, 2.24) is 14.5 Å². The van der Waals surface area contributed by atoms with E-state index in [1.165, 1.54) is 0 Å². The molecule has 4 rings (SSSR count). The van der Waals surface area contributed by atoms with Crippen molar-refractivity contribution in [2.75, 3.05) is 4.90 Å². The van der Waals surface area contributed by atoms with E-state index >= 15 is 0 Å². The van der Waals surface area contributed by atoms with Gasteiger partial charge in [-0.3, -0.25) is 0 Å². The third-order valence-corrected chi connectivity index (χ3v) is 5.65. The zero-order chi connectivity index (χ0) is 28.4. The van der Waals surface area contributed by atoms with Gasteiger partial charge in [-0.2, -0.15) is 4.98 Å². The smallest absolute Gasteiger partial charge is 0.427 e. The number of carbonyl (C=O) groups excluding carboxylic acids is 2. The topological polar surface area (TPSA) is 152 Å². The first-order chi connectivity index (χ1) is 17.4. The van der Waals surface area contributed by atoms with Crippen LogP contribution in [0.1, 0.15) is 67.3 Å². The number of carbonyl (C=O) groups is 3. The molecule has 0 unspecified atom stereocenters. The highest BCUT2D eigenvalue weighted by atomic mass is 16.8. The fraction of sp³-hybridized carbons (Fsp3) is 0.640. The molecule has 2 amide bonds. The number of rotatable bonds is 3. The summed E-state index contributed by atoms with van der Waals surface area (Å²) in [6.45, 7) is 15.1. The average Bonchev–Trinajstić information content (AvgIpc) is 3.35. The van der Waals surface area contributed by atoms with Crippen LogP contribution < -0.4 is 4.90 Å². The highest BCUT2D eigenvalue weighted by Gasteiger charge is 2.58. The second-order valence-electron chi connectivity index (χ2n) is 11.7. The highest BCUT2D eigenvalue weighted by Crippen LogP contribution is 2.44. The Morgan fingerprint density at radius 3 is 2.08 bits per heavy atom. The SMILES string of the molecule is Cc1nc(N(C(=O)OC(C)(C)C)C(=O)OC(C)(C)C)nc2c1ccn2[C@@H]1O[C@H](C(=O)O)[C@H]2OC(C)(C)O[C@H]21. The minimum absolute atomic E-state index is 0.272. The third kappa shape index (κ3) is 5.45. The molecule has 2 aromatic heterocycles. The van der Waals surface area contributed by atoms with E-state index in [2.05, 4.69) is 9.97 Å². The quantitative estimate of drug-likeness (QED) is 0.610. The molecule has 0 aromatic carbocycles. The van der Waals surface area contributed by atoms with E-state index in [4.69, 9.17) is 23.7 Å². The van der Waals surface area contributed by atoms with Gasteiger partial charge in [-0.1, -0.05) is 0 Å². The van der Waals surface area contributed by atoms with Crippen molar-refractivity contribution in [3.05, 3.63) is 18.0 Å². The maximum atomic E-state index is 13.1. The zero-order valence-corrected chi connectivity index (χ0v) is 23.0. The lowest BCUT2D eigenvalue weighted by atomic mass is 10.1. The van der Waals surface area contributed by atoms with Crippen LogP contribution in [0.15, 0.2) is 12.3 Å². The number of ether oxygens (including phenoxy) is 5. The Kier molecular flexibility index (Phi) is 6.69. The average molecular weight is 535 g/mol. The number of fused-ring (bicyclic) bond motifs is 2. The number of anilines is 1. The van der Waals surface area contributed by atoms with Gasteiger partial charge in [-0.05, 0) is 68.4 Å². The Labute approximate surface area is 220 Å². The summed E-state index contributed by atoms with van der Waals surface area (Å²) in [5.74, 6) is -2.48. The van der Waals surface area contributed by atoms with Crippen molar-refractivity contribution >= 4 is 35.1 Å². The summed E-state index contributed by atoms with van der Waals surface area (Å²) in [4.78, 5) is 47.7. The number of aryl methyl sites for hydroxylation is 1. The number of nitrogens with zero attached hydrogens (tertiary/aromatic N) is 4. The number of hydrogen-bond donors (Lipinski definition) is 1. The van der Waals surface area contributed by atoms with E-state index in [1.807, 2.05) is 0 Å². The number of carboxylic acid groups (broad SMARTS) is 1. The predicted molar refractivity (Wildman–Crippen MR) is 133 cm³/mol. The van der Waals surface area contributed by atoms with Gasteiger partial charge < -0.3 is 33.4 Å². The number of aliphatic carboxylic acids is 1. The standard InChI is InChI=1S/C25H34N4O9/c1-12-13-10-11-28(18-15-14(16(34-18)19(30)31)35-25(8,9)36-15)17(13)27-20(26-12)29(21(32)37-23(2,3)4)22(33)38-24(5,6)7/h10-11,14-16,18H,1-9H3,(H,30,31)/t14-,15+,16-,18+/m0/s1. The Bertz CT molecular complexity index is 1250. The molecule has 0 radical (unpaired) electrons. The van der Waals surface area contributed by atoms with Gasteiger partial charge >= 0.3 is 18.2 Å². The van der Waals surface area contributed by atoms with Crippen LogP contribution in [-0.4, -0.2) is 73.1 Å². The summed E-state index contributed by atoms with van der Waals surface area (Å²) in [6, 6.07) is 1.73. The molecule has 2 aliphatic heterocycles. The number of hydrogen-bond acceptors (Lipinski definition) is 10. The van der Waals surface area contributed by atoms with Crippen molar-refractivity contribution in [3.63, 3.8) is 0 Å². The lowest BCUT2D eigenvalue weighted by Gasteiger charge is -2.28. The van der Waals surface area contributed by atoms with Crippen molar-refractivity contribution in [1.29, 1.82) is 0 Å². The predicted octanol–water partition coefficient (Wildman–Crippen LogP) is 3.92. The number of imide groups is 1. The van der Waals surface area contributed by atoms with Gasteiger partial charge in [0.15, 0.2) is 18.1 Å². The highest BCUT2D eigenvalue weighted by molar-refractivity contribution is 6.08. The molecular formula is C25H34N4O9. The largest absolute Gasteiger partial charge is 0.479 e. The molecule has 2 saturated heterocycles. The Hall–Kier alpha value is -3.29. The van der Waals surface area contributed by atoms with Crippen LogP contribution in [0.25, 0.3) is 11.0 Å². The summed E-state index contributed by atoms with van der Waals surface area (Å²) in [5.41, 5.74) is -1.09. The summed E-state index contributed by atoms with van der Waals surface area (Å²) in [6.07, 6.45) is -4.17. The molecular weight excluding hydrogens is 500 g/mol. The van der Waals surface area contributed by atoms with Gasteiger partial charge in [0.25, 0.3) is 0 Å². The molecule has 4 heterocycles. The molecule has 13 heteroatoms. The molecule has 0 aliphatic carbocycles. The Balaban J connectivity index is 1.80. The van der Waals surface area contributed by atoms with Gasteiger partial charge in [-0.25, -0.2) is 19.4 Å². The van der Waals surface area contributed by atoms with Crippen LogP contribution in [0, 0.1) is 6.92 Å². The van der Waals surface area contributed by atoms with Crippen LogP contribution in [0.2, 0.25) is 0 Å². The van der Waals surface area contributed by atoms with Crippen LogP contribution in [0.4, 0.5) is 15.5 Å². The first-order valence-electron chi connectivity index (χ1n) is 12.2. The number of carboxylic acids is 1. The molecule has 2 aromatic rings. The normalized spacial score (nSPS) is 24.8. The lowest BCUT2D eigenvalue weighted by molar-refractivity contribution is -0.202. The maximum absolute atomic E-state index is 13.1. The van der Waals surface area contributed by atoms with E-state index in [-0.39, 0.29) is 11.6 Å². The van der Waals surface area contributed by atoms with Crippen molar-refractivity contribution in [2.45, 2.75) is 104 Å². The van der Waals surface area contributed by atoms with Crippen LogP contribution in [0.5, 0.6) is 0 Å². The van der Waals surface area contributed by atoms with Crippen LogP contribution >= 0.6 is 0 Å². The molecule has 2 aliphatic rings. The lowest BCUT2D eigenvalue weighted by Crippen LogP contribution is -2.44. The minimum Gasteiger partial charge on any atom is -0.479 e. The van der Waals surface area contributed by atoms with E-state index in [0.29, 0.717) is 16.0 Å². The zero-order valence-electron chi connectivity index (χ0n) is 23.0. The fourth-order valence-corrected chi connectivity index (χ4v) is 4.33. The maximum Gasteiger partial charge on any atom is 0.427 e. The first kappa shape index (κ1) is 27.7. The minimum atomic E-state index is -1.27. The van der Waals surface area contributed by atoms with Crippen molar-refractivity contribution in [2.24, 2.45) is 0 Å². The molecule has 1 N–H and O–H groups in total. The molecule has 4 atom stereocenters. The third-order valence-electron chi connectivity index (χ3n) is 5.65. The van der Waals surface area contributed by atoms with Gasteiger partial charge in [0.2, 0.25) is 5.95 Å². The molecule has 0 spiro atoms. The van der Waals surface area contributed by atoms with Crippen molar-refractivity contribution < 1.29 is 43.2 Å². The van der Waals surface area contributed by atoms with Crippen LogP contribution in [-0.2, 0) is 28.5 Å². The Morgan fingerprint density at radius 1 is 1.00 bits per heavy atom. The van der Waals surface area contributed by atoms with Gasteiger partial charge in [0.05, 0.1) is 5.69 Å². The first-order valence-corrected chi connectivity index (χ1v) is 12.2. The van der Waals surface area contributed by atoms with Crippen molar-refractivity contribution in [3.8, 4) is 0 Å². The molecule has 0 bridgehead atoms. The molecule has 2 fully saturated rings. The second kappa shape index (κ2) is 9.17. The molecule has 13 nitrogen and oxygen atoms in total. The number of amides is 2. The molecule has 208 valence electrons. The Morgan fingerprint density at radius 2 is 1.55 bits per heavy atom. The monoisotopic (exact) mass is 534 g/mol. The van der Waals surface area contributed by atoms with Crippen LogP contribution in [0.3, 0.4) is 0 Å². The summed E-state index contributed by atoms with van der Waals surface area (Å²) < 4.78 is 30.2. The summed E-state index contributed by atoms with van der Waals surface area (Å²) in [7, 11) is 0. The fourth-order valence-electron chi connectivity index (χ4n) is 4.33. The van der Waals surface area contributed by atoms with E-state index in [1.54, 1.807) is 79.1 Å². The van der Waals surface area contributed by atoms with Gasteiger partial charge in [0.1, 0.15) is 29.1 Å². The summed E-state index contributed by atoms with van der Waals surface area (Å²) >= 11 is 0. The number of aromatic nitrogens is 3. The van der Waals surface area contributed by atoms with E-state index in [9.17, 15) is 19.5 Å². The molecule has 0 saturated carbocycles.